The van der Waals surface area contributed by atoms with Crippen molar-refractivity contribution < 1.29 is 24.2 Å². The summed E-state index contributed by atoms with van der Waals surface area (Å²) in [6.07, 6.45) is 3.32. The molecule has 0 aromatic heterocycles. The second-order valence-corrected chi connectivity index (χ2v) is 7.21. The summed E-state index contributed by atoms with van der Waals surface area (Å²) < 4.78 is 4.78. The van der Waals surface area contributed by atoms with Gasteiger partial charge < -0.3 is 25.0 Å². The molecule has 0 aliphatic carbocycles. The lowest BCUT2D eigenvalue weighted by atomic mass is 10.1. The van der Waals surface area contributed by atoms with Crippen LogP contribution in [0.5, 0.6) is 0 Å². The highest BCUT2D eigenvalue weighted by Gasteiger charge is 2.34. The van der Waals surface area contributed by atoms with Gasteiger partial charge >= 0.3 is 5.97 Å². The van der Waals surface area contributed by atoms with Crippen LogP contribution in [0.25, 0.3) is 0 Å². The molecule has 0 spiro atoms. The van der Waals surface area contributed by atoms with Gasteiger partial charge in [0.1, 0.15) is 5.70 Å². The van der Waals surface area contributed by atoms with Gasteiger partial charge in [-0.25, -0.2) is 4.79 Å². The maximum absolute atomic E-state index is 12.5. The first-order valence-corrected chi connectivity index (χ1v) is 9.89. The zero-order valence-corrected chi connectivity index (χ0v) is 16.6. The van der Waals surface area contributed by atoms with Crippen molar-refractivity contribution in [3.05, 3.63) is 41.1 Å². The Morgan fingerprint density at radius 2 is 1.86 bits per heavy atom. The fourth-order valence-corrected chi connectivity index (χ4v) is 3.62. The highest BCUT2D eigenvalue weighted by atomic mass is 16.5. The second-order valence-electron chi connectivity index (χ2n) is 7.21. The number of esters is 1. The molecule has 0 saturated carbocycles. The van der Waals surface area contributed by atoms with Gasteiger partial charge in [0.15, 0.2) is 0 Å². The third-order valence-corrected chi connectivity index (χ3v) is 5.26. The maximum atomic E-state index is 12.5. The number of aliphatic hydroxyl groups excluding tert-OH is 1. The first-order chi connectivity index (χ1) is 14.0. The summed E-state index contributed by atoms with van der Waals surface area (Å²) >= 11 is 0. The Balaban J connectivity index is 1.63. The molecule has 1 fully saturated rings. The summed E-state index contributed by atoms with van der Waals surface area (Å²) in [7, 11) is 1.27. The van der Waals surface area contributed by atoms with Crippen LogP contribution in [-0.4, -0.2) is 72.6 Å². The molecule has 2 heterocycles. The topological polar surface area (TPSA) is 99.2 Å². The zero-order chi connectivity index (χ0) is 20.8. The number of carbonyl (C=O) groups excluding carboxylic acids is 3. The Kier molecular flexibility index (Phi) is 6.87. The molecule has 8 nitrogen and oxygen atoms in total. The Labute approximate surface area is 170 Å². The van der Waals surface area contributed by atoms with Gasteiger partial charge in [0, 0.05) is 31.7 Å². The molecule has 156 valence electrons. The van der Waals surface area contributed by atoms with E-state index < -0.39 is 5.97 Å². The van der Waals surface area contributed by atoms with Gasteiger partial charge in [0.2, 0.25) is 5.91 Å². The van der Waals surface area contributed by atoms with Gasteiger partial charge in [-0.3, -0.25) is 9.59 Å². The fourth-order valence-electron chi connectivity index (χ4n) is 3.62. The molecule has 0 atom stereocenters. The van der Waals surface area contributed by atoms with Crippen LogP contribution in [0.2, 0.25) is 0 Å². The van der Waals surface area contributed by atoms with E-state index in [0.29, 0.717) is 18.5 Å². The van der Waals surface area contributed by atoms with Crippen LogP contribution in [0.15, 0.2) is 35.5 Å². The fraction of sp³-hybridized carbons (Fsp3) is 0.476. The van der Waals surface area contributed by atoms with E-state index in [1.165, 1.54) is 12.0 Å². The van der Waals surface area contributed by atoms with Gasteiger partial charge in [0.05, 0.1) is 25.8 Å². The Bertz CT molecular complexity index is 797. The van der Waals surface area contributed by atoms with Gasteiger partial charge in [-0.1, -0.05) is 12.1 Å². The number of likely N-dealkylation sites (tertiary alicyclic amines) is 1. The number of nitrogens with one attached hydrogen (secondary N) is 1. The van der Waals surface area contributed by atoms with Crippen molar-refractivity contribution in [1.82, 2.24) is 9.80 Å². The molecular formula is C21H27N3O5. The summed E-state index contributed by atoms with van der Waals surface area (Å²) in [5, 5.41) is 12.1. The van der Waals surface area contributed by atoms with E-state index in [0.717, 1.165) is 31.5 Å². The van der Waals surface area contributed by atoms with Crippen LogP contribution in [0.4, 0.5) is 5.69 Å². The van der Waals surface area contributed by atoms with Crippen LogP contribution < -0.4 is 5.32 Å². The largest absolute Gasteiger partial charge is 0.466 e. The minimum Gasteiger partial charge on any atom is -0.466 e. The summed E-state index contributed by atoms with van der Waals surface area (Å²) in [6, 6.07) is 7.45. The summed E-state index contributed by atoms with van der Waals surface area (Å²) in [5.74, 6) is -0.726. The van der Waals surface area contributed by atoms with E-state index >= 15 is 0 Å². The molecular weight excluding hydrogens is 374 g/mol. The first kappa shape index (κ1) is 20.9. The van der Waals surface area contributed by atoms with Gasteiger partial charge in [0.25, 0.3) is 5.91 Å². The SMILES string of the molecule is COC(=O)C1=C(Nc2ccc(CCC(=O)N3CCCC3)cc2)C(=O)N(CCO)C1. The molecule has 2 N–H and O–H groups in total. The van der Waals surface area contributed by atoms with Crippen LogP contribution in [0, 0.1) is 0 Å². The number of methoxy groups -OCH3 is 1. The number of ether oxygens (including phenoxy) is 1. The van der Waals surface area contributed by atoms with Crippen LogP contribution in [0.1, 0.15) is 24.8 Å². The molecule has 2 aliphatic heterocycles. The van der Waals surface area contributed by atoms with Crippen LogP contribution in [-0.2, 0) is 25.5 Å². The van der Waals surface area contributed by atoms with Crippen molar-refractivity contribution in [1.29, 1.82) is 0 Å². The van der Waals surface area contributed by atoms with Gasteiger partial charge in [-0.15, -0.1) is 0 Å². The molecule has 8 heteroatoms. The average molecular weight is 401 g/mol. The van der Waals surface area contributed by atoms with Crippen molar-refractivity contribution in [2.45, 2.75) is 25.7 Å². The number of hydrogen-bond acceptors (Lipinski definition) is 6. The lowest BCUT2D eigenvalue weighted by Crippen LogP contribution is -2.31. The number of rotatable bonds is 8. The Morgan fingerprint density at radius 1 is 1.17 bits per heavy atom. The molecule has 0 radical (unpaired) electrons. The summed E-state index contributed by atoms with van der Waals surface area (Å²) in [6.45, 7) is 1.79. The lowest BCUT2D eigenvalue weighted by Gasteiger charge is -2.15. The summed E-state index contributed by atoms with van der Waals surface area (Å²) in [5.41, 5.74) is 2.11. The molecule has 1 aromatic rings. The predicted molar refractivity (Wildman–Crippen MR) is 107 cm³/mol. The molecule has 1 saturated heterocycles. The van der Waals surface area contributed by atoms with E-state index in [-0.39, 0.29) is 42.8 Å². The summed E-state index contributed by atoms with van der Waals surface area (Å²) in [4.78, 5) is 40.1. The minimum absolute atomic E-state index is 0.102. The van der Waals surface area contributed by atoms with E-state index in [9.17, 15) is 14.4 Å². The number of carbonyl (C=O) groups is 3. The molecule has 0 bridgehead atoms. The van der Waals surface area contributed by atoms with Crippen molar-refractivity contribution >= 4 is 23.5 Å². The Morgan fingerprint density at radius 3 is 2.48 bits per heavy atom. The first-order valence-electron chi connectivity index (χ1n) is 9.89. The number of anilines is 1. The molecule has 3 rings (SSSR count). The van der Waals surface area contributed by atoms with E-state index in [2.05, 4.69) is 5.32 Å². The highest BCUT2D eigenvalue weighted by molar-refractivity contribution is 6.08. The number of aryl methyl sites for hydroxylation is 1. The standard InChI is InChI=1S/C21H27N3O5/c1-29-21(28)17-14-24(12-13-25)20(27)19(17)22-16-7-4-15(5-8-16)6-9-18(26)23-10-2-3-11-23/h4-5,7-8,22,25H,2-3,6,9-14H2,1H3. The van der Waals surface area contributed by atoms with Gasteiger partial charge in [-0.05, 0) is 37.0 Å². The third kappa shape index (κ3) is 4.95. The Hall–Kier alpha value is -2.87. The predicted octanol–water partition coefficient (Wildman–Crippen LogP) is 0.915. The van der Waals surface area contributed by atoms with Crippen LogP contribution in [0.3, 0.4) is 0 Å². The minimum atomic E-state index is -0.571. The van der Waals surface area contributed by atoms with Gasteiger partial charge in [-0.2, -0.15) is 0 Å². The van der Waals surface area contributed by atoms with Crippen molar-refractivity contribution in [3.8, 4) is 0 Å². The van der Waals surface area contributed by atoms with Crippen molar-refractivity contribution in [3.63, 3.8) is 0 Å². The van der Waals surface area contributed by atoms with Crippen molar-refractivity contribution in [2.24, 2.45) is 0 Å². The zero-order valence-electron chi connectivity index (χ0n) is 16.6. The number of nitrogens with zero attached hydrogens (tertiary/aromatic N) is 2. The molecule has 2 amide bonds. The quantitative estimate of drug-likeness (QED) is 0.629. The average Bonchev–Trinajstić information content (AvgIpc) is 3.37. The number of hydrogen-bond donors (Lipinski definition) is 2. The normalized spacial score (nSPS) is 16.6. The van der Waals surface area contributed by atoms with Crippen LogP contribution >= 0.6 is 0 Å². The highest BCUT2D eigenvalue weighted by Crippen LogP contribution is 2.23. The van der Waals surface area contributed by atoms with E-state index in [4.69, 9.17) is 9.84 Å². The third-order valence-electron chi connectivity index (χ3n) is 5.26. The molecule has 0 unspecified atom stereocenters. The number of β-amino-alcohol motifs (C(OH)–C–C–N with tert-alkyl or cyclic N) is 1. The smallest absolute Gasteiger partial charge is 0.337 e. The second kappa shape index (κ2) is 9.56. The lowest BCUT2D eigenvalue weighted by molar-refractivity contribution is -0.136. The maximum Gasteiger partial charge on any atom is 0.337 e. The van der Waals surface area contributed by atoms with Crippen molar-refractivity contribution in [2.75, 3.05) is 45.2 Å². The number of aliphatic hydroxyl groups is 1. The number of amides is 2. The van der Waals surface area contributed by atoms with E-state index in [1.54, 1.807) is 0 Å². The van der Waals surface area contributed by atoms with E-state index in [1.807, 2.05) is 29.2 Å². The monoisotopic (exact) mass is 401 g/mol. The molecule has 29 heavy (non-hydrogen) atoms. The molecule has 1 aromatic carbocycles. The number of benzene rings is 1. The molecule has 2 aliphatic rings.